The molecular formula is C17H26N2O4S. The molecule has 2 atom stereocenters. The number of sulfonamides is 1. The second kappa shape index (κ2) is 7.63. The Kier molecular flexibility index (Phi) is 6.01. The van der Waals surface area contributed by atoms with Crippen molar-refractivity contribution >= 4 is 15.9 Å². The topological polar surface area (TPSA) is 77.9 Å². The van der Waals surface area contributed by atoms with E-state index in [1.54, 1.807) is 12.1 Å². The highest BCUT2D eigenvalue weighted by Crippen LogP contribution is 2.23. The highest BCUT2D eigenvalue weighted by atomic mass is 32.2. The number of amides is 1. The maximum absolute atomic E-state index is 12.7. The van der Waals surface area contributed by atoms with E-state index in [0.717, 1.165) is 12.0 Å². The molecule has 0 aliphatic carbocycles. The van der Waals surface area contributed by atoms with Crippen LogP contribution in [0.2, 0.25) is 0 Å². The van der Waals surface area contributed by atoms with Gasteiger partial charge >= 0.3 is 0 Å². The van der Waals surface area contributed by atoms with Gasteiger partial charge in [0.1, 0.15) is 6.10 Å². The van der Waals surface area contributed by atoms with E-state index in [1.165, 1.54) is 16.1 Å². The van der Waals surface area contributed by atoms with Crippen LogP contribution in [0.3, 0.4) is 0 Å². The Balaban J connectivity index is 2.08. The van der Waals surface area contributed by atoms with Gasteiger partial charge in [-0.3, -0.25) is 4.79 Å². The van der Waals surface area contributed by atoms with E-state index in [-0.39, 0.29) is 23.9 Å². The summed E-state index contributed by atoms with van der Waals surface area (Å²) < 4.78 is 26.8. The van der Waals surface area contributed by atoms with Crippen LogP contribution in [0.4, 0.5) is 0 Å². The Morgan fingerprint density at radius 3 is 2.12 bits per heavy atom. The van der Waals surface area contributed by atoms with Crippen molar-refractivity contribution in [3.05, 3.63) is 29.8 Å². The molecule has 134 valence electrons. The molecule has 1 aliphatic rings. The third-order valence-electron chi connectivity index (χ3n) is 4.61. The molecule has 0 saturated carbocycles. The molecule has 1 aliphatic heterocycles. The summed E-state index contributed by atoms with van der Waals surface area (Å²) in [6.07, 6.45) is -0.0491. The van der Waals surface area contributed by atoms with Crippen molar-refractivity contribution < 1.29 is 18.3 Å². The first-order valence-electron chi connectivity index (χ1n) is 8.34. The van der Waals surface area contributed by atoms with Gasteiger partial charge in [0.25, 0.3) is 5.91 Å². The Morgan fingerprint density at radius 2 is 1.67 bits per heavy atom. The van der Waals surface area contributed by atoms with E-state index in [0.29, 0.717) is 19.0 Å². The number of hydrogen-bond acceptors (Lipinski definition) is 4. The fourth-order valence-corrected chi connectivity index (χ4v) is 4.19. The van der Waals surface area contributed by atoms with Gasteiger partial charge in [-0.15, -0.1) is 0 Å². The molecular weight excluding hydrogens is 328 g/mol. The second-order valence-corrected chi connectivity index (χ2v) is 8.22. The molecule has 1 aromatic carbocycles. The molecule has 2 rings (SSSR count). The minimum absolute atomic E-state index is 0.244. The second-order valence-electron chi connectivity index (χ2n) is 6.28. The van der Waals surface area contributed by atoms with Crippen LogP contribution in [0.15, 0.2) is 29.2 Å². The van der Waals surface area contributed by atoms with Gasteiger partial charge in [-0.25, -0.2) is 8.42 Å². The van der Waals surface area contributed by atoms with Gasteiger partial charge in [-0.1, -0.05) is 26.0 Å². The molecule has 1 N–H and O–H groups in total. The van der Waals surface area contributed by atoms with Crippen molar-refractivity contribution in [2.75, 3.05) is 26.2 Å². The summed E-state index contributed by atoms with van der Waals surface area (Å²) >= 11 is 0. The Bertz CT molecular complexity index is 662. The van der Waals surface area contributed by atoms with E-state index in [4.69, 9.17) is 0 Å². The zero-order valence-corrected chi connectivity index (χ0v) is 15.3. The molecule has 6 nitrogen and oxygen atoms in total. The molecule has 0 unspecified atom stereocenters. The molecule has 1 saturated heterocycles. The lowest BCUT2D eigenvalue weighted by Crippen LogP contribution is -2.52. The van der Waals surface area contributed by atoms with E-state index in [2.05, 4.69) is 13.8 Å². The number of carbonyl (C=O) groups excluding carboxylic acids is 1. The van der Waals surface area contributed by atoms with Crippen LogP contribution in [0, 0.1) is 0 Å². The Morgan fingerprint density at radius 1 is 1.12 bits per heavy atom. The highest BCUT2D eigenvalue weighted by molar-refractivity contribution is 7.89. The van der Waals surface area contributed by atoms with Crippen LogP contribution in [0.5, 0.6) is 0 Å². The van der Waals surface area contributed by atoms with Gasteiger partial charge in [0, 0.05) is 26.2 Å². The molecule has 0 spiro atoms. The maximum Gasteiger partial charge on any atom is 0.251 e. The summed E-state index contributed by atoms with van der Waals surface area (Å²) in [5.41, 5.74) is 1.13. The summed E-state index contributed by atoms with van der Waals surface area (Å²) in [4.78, 5) is 13.5. The summed E-state index contributed by atoms with van der Waals surface area (Å²) in [7, 11) is -3.55. The number of benzene rings is 1. The zero-order chi connectivity index (χ0) is 17.9. The molecule has 0 aromatic heterocycles. The SMILES string of the molecule is CC[C@H](C)c1ccc(S(=O)(=O)N2CCN(C(=O)[C@H](C)O)CC2)cc1. The van der Waals surface area contributed by atoms with Crippen molar-refractivity contribution in [3.63, 3.8) is 0 Å². The van der Waals surface area contributed by atoms with E-state index >= 15 is 0 Å². The lowest BCUT2D eigenvalue weighted by molar-refractivity contribution is -0.140. The van der Waals surface area contributed by atoms with Crippen molar-refractivity contribution in [1.29, 1.82) is 0 Å². The average Bonchev–Trinajstić information content (AvgIpc) is 2.60. The number of aliphatic hydroxyl groups excluding tert-OH is 1. The van der Waals surface area contributed by atoms with Crippen molar-refractivity contribution in [3.8, 4) is 0 Å². The fraction of sp³-hybridized carbons (Fsp3) is 0.588. The molecule has 0 bridgehead atoms. The number of piperazine rings is 1. The lowest BCUT2D eigenvalue weighted by Gasteiger charge is -2.34. The maximum atomic E-state index is 12.7. The molecule has 1 heterocycles. The lowest BCUT2D eigenvalue weighted by atomic mass is 9.99. The monoisotopic (exact) mass is 354 g/mol. The van der Waals surface area contributed by atoms with Gasteiger partial charge in [0.2, 0.25) is 10.0 Å². The molecule has 1 amide bonds. The van der Waals surface area contributed by atoms with Crippen molar-refractivity contribution in [2.24, 2.45) is 0 Å². The highest BCUT2D eigenvalue weighted by Gasteiger charge is 2.31. The van der Waals surface area contributed by atoms with Crippen LogP contribution in [0.25, 0.3) is 0 Å². The molecule has 1 aromatic rings. The van der Waals surface area contributed by atoms with Crippen LogP contribution < -0.4 is 0 Å². The summed E-state index contributed by atoms with van der Waals surface area (Å²) in [5, 5.41) is 9.34. The first kappa shape index (κ1) is 18.9. The largest absolute Gasteiger partial charge is 0.384 e. The summed E-state index contributed by atoms with van der Waals surface area (Å²) in [6, 6.07) is 7.05. The zero-order valence-electron chi connectivity index (χ0n) is 14.5. The van der Waals surface area contributed by atoms with Crippen LogP contribution in [-0.2, 0) is 14.8 Å². The average molecular weight is 354 g/mol. The first-order valence-corrected chi connectivity index (χ1v) is 9.78. The van der Waals surface area contributed by atoms with Gasteiger partial charge in [-0.05, 0) is 37.0 Å². The predicted molar refractivity (Wildman–Crippen MR) is 92.2 cm³/mol. The normalized spacial score (nSPS) is 19.1. The van der Waals surface area contributed by atoms with Crippen LogP contribution in [0.1, 0.15) is 38.7 Å². The van der Waals surface area contributed by atoms with Gasteiger partial charge in [0.15, 0.2) is 0 Å². The molecule has 0 radical (unpaired) electrons. The summed E-state index contributed by atoms with van der Waals surface area (Å²) in [6.45, 7) is 6.72. The minimum Gasteiger partial charge on any atom is -0.384 e. The molecule has 1 fully saturated rings. The van der Waals surface area contributed by atoms with E-state index in [1.807, 2.05) is 12.1 Å². The molecule has 7 heteroatoms. The number of nitrogens with zero attached hydrogens (tertiary/aromatic N) is 2. The number of carbonyl (C=O) groups is 1. The minimum atomic E-state index is -3.55. The van der Waals surface area contributed by atoms with Crippen LogP contribution in [-0.4, -0.2) is 60.9 Å². The predicted octanol–water partition coefficient (Wildman–Crippen LogP) is 1.41. The number of rotatable bonds is 5. The third kappa shape index (κ3) is 3.96. The molecule has 24 heavy (non-hydrogen) atoms. The standard InChI is InChI=1S/C17H26N2O4S/c1-4-13(2)15-5-7-16(8-6-15)24(22,23)19-11-9-18(10-12-19)17(21)14(3)20/h5-8,13-14,20H,4,9-12H2,1-3H3/t13-,14-/m0/s1. The van der Waals surface area contributed by atoms with Gasteiger partial charge in [0.05, 0.1) is 4.90 Å². The quantitative estimate of drug-likeness (QED) is 0.867. The van der Waals surface area contributed by atoms with Gasteiger partial charge in [-0.2, -0.15) is 4.31 Å². The van der Waals surface area contributed by atoms with E-state index < -0.39 is 16.1 Å². The Hall–Kier alpha value is -1.44. The van der Waals surface area contributed by atoms with E-state index in [9.17, 15) is 18.3 Å². The summed E-state index contributed by atoms with van der Waals surface area (Å²) in [5.74, 6) is 0.0433. The Labute approximate surface area is 144 Å². The van der Waals surface area contributed by atoms with Crippen molar-refractivity contribution in [2.45, 2.75) is 44.1 Å². The van der Waals surface area contributed by atoms with Crippen molar-refractivity contribution in [1.82, 2.24) is 9.21 Å². The third-order valence-corrected chi connectivity index (χ3v) is 6.52. The number of hydrogen-bond donors (Lipinski definition) is 1. The smallest absolute Gasteiger partial charge is 0.251 e. The van der Waals surface area contributed by atoms with Crippen LogP contribution >= 0.6 is 0 Å². The van der Waals surface area contributed by atoms with Gasteiger partial charge < -0.3 is 10.0 Å². The first-order chi connectivity index (χ1) is 11.3. The fourth-order valence-electron chi connectivity index (χ4n) is 2.77. The number of aliphatic hydroxyl groups is 1.